The van der Waals surface area contributed by atoms with Crippen LogP contribution >= 0.6 is 0 Å². The summed E-state index contributed by atoms with van der Waals surface area (Å²) in [5.74, 6) is 1.35. The molecule has 1 fully saturated rings. The second kappa shape index (κ2) is 13.8. The molecule has 0 atom stereocenters. The zero-order valence-corrected chi connectivity index (χ0v) is 20.8. The molecule has 4 heteroatoms. The number of fused-ring (bicyclic) bond motifs is 1. The van der Waals surface area contributed by atoms with Crippen molar-refractivity contribution in [1.82, 2.24) is 0 Å². The molecule has 1 aliphatic carbocycles. The summed E-state index contributed by atoms with van der Waals surface area (Å²) in [5, 5.41) is 0.635. The van der Waals surface area contributed by atoms with Crippen LogP contribution in [0.25, 0.3) is 10.8 Å². The normalized spacial score (nSPS) is 18.6. The Morgan fingerprint density at radius 1 is 0.909 bits per heavy atom. The Balaban J connectivity index is 1.55. The zero-order valence-electron chi connectivity index (χ0n) is 20.8. The minimum Gasteiger partial charge on any atom is -0.490 e. The fraction of sp³-hybridized carbons (Fsp3) is 0.690. The lowest BCUT2D eigenvalue weighted by molar-refractivity contribution is 0.275. The molecule has 1 aromatic carbocycles. The second-order valence-electron chi connectivity index (χ2n) is 9.96. The summed E-state index contributed by atoms with van der Waals surface area (Å²) in [6, 6.07) is 5.34. The monoisotopic (exact) mass is 458 g/mol. The SMILES string of the molecule is CCCCCCCCCOc1ccc2cc(C3CCC(CCCCC)CC3)oc(=O)c2c1F. The van der Waals surface area contributed by atoms with Crippen molar-refractivity contribution in [3.8, 4) is 5.75 Å². The molecule has 0 bridgehead atoms. The van der Waals surface area contributed by atoms with Gasteiger partial charge in [-0.15, -0.1) is 0 Å². The lowest BCUT2D eigenvalue weighted by atomic mass is 9.78. The summed E-state index contributed by atoms with van der Waals surface area (Å²) in [6.45, 7) is 4.93. The van der Waals surface area contributed by atoms with E-state index in [0.717, 1.165) is 37.4 Å². The molecular weight excluding hydrogens is 415 g/mol. The number of halogens is 1. The standard InChI is InChI=1S/C29H43FO3/c1-3-5-7-8-9-10-12-20-32-25-19-18-24-21-26(33-29(31)27(24)28(25)30)23-16-14-22(15-17-23)13-11-6-4-2/h18-19,21-23H,3-17,20H2,1-2H3. The molecule has 0 aliphatic heterocycles. The minimum atomic E-state index is -0.588. The molecule has 0 N–H and O–H groups in total. The van der Waals surface area contributed by atoms with Crippen LogP contribution in [-0.2, 0) is 0 Å². The smallest absolute Gasteiger partial charge is 0.346 e. The highest BCUT2D eigenvalue weighted by Gasteiger charge is 2.25. The predicted octanol–water partition coefficient (Wildman–Crippen LogP) is 8.92. The Hall–Kier alpha value is -1.84. The molecule has 0 amide bonds. The number of ether oxygens (including phenoxy) is 1. The predicted molar refractivity (Wildman–Crippen MR) is 135 cm³/mol. The zero-order chi connectivity index (χ0) is 23.5. The fourth-order valence-electron chi connectivity index (χ4n) is 5.21. The number of hydrogen-bond acceptors (Lipinski definition) is 3. The summed E-state index contributed by atoms with van der Waals surface area (Å²) in [4.78, 5) is 12.7. The van der Waals surface area contributed by atoms with Gasteiger partial charge >= 0.3 is 5.63 Å². The van der Waals surface area contributed by atoms with Gasteiger partial charge in [-0.2, -0.15) is 0 Å². The van der Waals surface area contributed by atoms with E-state index in [-0.39, 0.29) is 17.1 Å². The summed E-state index contributed by atoms with van der Waals surface area (Å²) < 4.78 is 26.3. The first-order chi connectivity index (χ1) is 16.1. The van der Waals surface area contributed by atoms with Gasteiger partial charge in [0.1, 0.15) is 11.1 Å². The first kappa shape index (κ1) is 25.8. The van der Waals surface area contributed by atoms with Gasteiger partial charge in [0, 0.05) is 5.92 Å². The Morgan fingerprint density at radius 3 is 2.30 bits per heavy atom. The number of hydrogen-bond donors (Lipinski definition) is 0. The van der Waals surface area contributed by atoms with E-state index in [1.54, 1.807) is 12.1 Å². The fourth-order valence-corrected chi connectivity index (χ4v) is 5.21. The lowest BCUT2D eigenvalue weighted by Crippen LogP contribution is -2.15. The van der Waals surface area contributed by atoms with Crippen LogP contribution in [0.2, 0.25) is 0 Å². The van der Waals surface area contributed by atoms with Gasteiger partial charge in [0.2, 0.25) is 0 Å². The first-order valence-corrected chi connectivity index (χ1v) is 13.5. The van der Waals surface area contributed by atoms with Crippen molar-refractivity contribution < 1.29 is 13.5 Å². The van der Waals surface area contributed by atoms with Gasteiger partial charge in [-0.3, -0.25) is 0 Å². The molecule has 0 unspecified atom stereocenters. The van der Waals surface area contributed by atoms with E-state index in [1.165, 1.54) is 70.6 Å². The van der Waals surface area contributed by atoms with E-state index in [9.17, 15) is 4.79 Å². The van der Waals surface area contributed by atoms with Crippen LogP contribution in [0.4, 0.5) is 4.39 Å². The van der Waals surface area contributed by atoms with E-state index in [0.29, 0.717) is 12.0 Å². The Labute approximate surface area is 199 Å². The maximum atomic E-state index is 15.0. The molecule has 3 nitrogen and oxygen atoms in total. The second-order valence-corrected chi connectivity index (χ2v) is 9.96. The highest BCUT2D eigenvalue weighted by atomic mass is 19.1. The highest BCUT2D eigenvalue weighted by molar-refractivity contribution is 5.83. The minimum absolute atomic E-state index is 0.0177. The van der Waals surface area contributed by atoms with Crippen LogP contribution in [0.3, 0.4) is 0 Å². The Kier molecular flexibility index (Phi) is 10.8. The Morgan fingerprint density at radius 2 is 1.58 bits per heavy atom. The molecule has 0 saturated heterocycles. The van der Waals surface area contributed by atoms with Crippen LogP contribution in [0.1, 0.15) is 122 Å². The molecule has 0 spiro atoms. The topological polar surface area (TPSA) is 39.4 Å². The van der Waals surface area contributed by atoms with E-state index < -0.39 is 11.4 Å². The third kappa shape index (κ3) is 7.58. The van der Waals surface area contributed by atoms with Crippen LogP contribution in [0, 0.1) is 11.7 Å². The van der Waals surface area contributed by atoms with Crippen molar-refractivity contribution in [2.45, 2.75) is 116 Å². The molecule has 3 rings (SSSR count). The van der Waals surface area contributed by atoms with Gasteiger partial charge in [0.25, 0.3) is 0 Å². The van der Waals surface area contributed by atoms with E-state index in [2.05, 4.69) is 13.8 Å². The van der Waals surface area contributed by atoms with Crippen molar-refractivity contribution in [3.05, 3.63) is 40.2 Å². The maximum absolute atomic E-state index is 15.0. The van der Waals surface area contributed by atoms with Gasteiger partial charge < -0.3 is 9.15 Å². The lowest BCUT2D eigenvalue weighted by Gasteiger charge is -2.27. The Bertz CT molecular complexity index is 896. The molecular formula is C29H43FO3. The summed E-state index contributed by atoms with van der Waals surface area (Å²) in [7, 11) is 0. The molecule has 33 heavy (non-hydrogen) atoms. The van der Waals surface area contributed by atoms with Crippen LogP contribution < -0.4 is 10.4 Å². The third-order valence-corrected chi connectivity index (χ3v) is 7.32. The van der Waals surface area contributed by atoms with Crippen molar-refractivity contribution >= 4 is 10.8 Å². The first-order valence-electron chi connectivity index (χ1n) is 13.5. The van der Waals surface area contributed by atoms with Gasteiger partial charge in [0.15, 0.2) is 11.6 Å². The molecule has 0 radical (unpaired) electrons. The van der Waals surface area contributed by atoms with Gasteiger partial charge in [-0.1, -0.05) is 84.1 Å². The van der Waals surface area contributed by atoms with Crippen molar-refractivity contribution in [3.63, 3.8) is 0 Å². The largest absolute Gasteiger partial charge is 0.490 e. The summed E-state index contributed by atoms with van der Waals surface area (Å²) in [5.41, 5.74) is -0.577. The van der Waals surface area contributed by atoms with Crippen molar-refractivity contribution in [2.75, 3.05) is 6.61 Å². The van der Waals surface area contributed by atoms with Crippen LogP contribution in [0.15, 0.2) is 27.4 Å². The summed E-state index contributed by atoms with van der Waals surface area (Å²) >= 11 is 0. The molecule has 1 saturated carbocycles. The van der Waals surface area contributed by atoms with E-state index >= 15 is 4.39 Å². The molecule has 2 aromatic rings. The third-order valence-electron chi connectivity index (χ3n) is 7.32. The average molecular weight is 459 g/mol. The van der Waals surface area contributed by atoms with Crippen LogP contribution in [0.5, 0.6) is 5.75 Å². The molecule has 1 aliphatic rings. The van der Waals surface area contributed by atoms with Gasteiger partial charge in [-0.25, -0.2) is 9.18 Å². The van der Waals surface area contributed by atoms with Gasteiger partial charge in [-0.05, 0) is 55.5 Å². The van der Waals surface area contributed by atoms with E-state index in [4.69, 9.17) is 9.15 Å². The van der Waals surface area contributed by atoms with Gasteiger partial charge in [0.05, 0.1) is 6.61 Å². The van der Waals surface area contributed by atoms with Crippen LogP contribution in [-0.4, -0.2) is 6.61 Å². The quantitative estimate of drug-likeness (QED) is 0.265. The molecule has 1 aromatic heterocycles. The molecule has 184 valence electrons. The number of rotatable bonds is 14. The average Bonchev–Trinajstić information content (AvgIpc) is 2.82. The maximum Gasteiger partial charge on any atom is 0.346 e. The molecule has 1 heterocycles. The number of unbranched alkanes of at least 4 members (excludes halogenated alkanes) is 8. The highest BCUT2D eigenvalue weighted by Crippen LogP contribution is 2.38. The van der Waals surface area contributed by atoms with E-state index in [1.807, 2.05) is 6.07 Å². The number of benzene rings is 1. The van der Waals surface area contributed by atoms with Crippen molar-refractivity contribution in [2.24, 2.45) is 5.92 Å². The van der Waals surface area contributed by atoms with Crippen molar-refractivity contribution in [1.29, 1.82) is 0 Å². The summed E-state index contributed by atoms with van der Waals surface area (Å²) in [6.07, 6.45) is 18.0.